The highest BCUT2D eigenvalue weighted by Crippen LogP contribution is 2.27. The first-order chi connectivity index (χ1) is 8.58. The highest BCUT2D eigenvalue weighted by molar-refractivity contribution is 5.30. The molecule has 1 fully saturated rings. The maximum atomic E-state index is 11.7. The summed E-state index contributed by atoms with van der Waals surface area (Å²) in [6.07, 6.45) is -3.09. The number of nitrogens with zero attached hydrogens (tertiary/aromatic N) is 2. The van der Waals surface area contributed by atoms with Crippen LogP contribution in [-0.2, 0) is 4.74 Å². The number of ether oxygens (including phenoxy) is 1. The number of rotatable bonds is 3. The fraction of sp³-hybridized carbons (Fsp3) is 0.600. The second-order valence-corrected chi connectivity index (χ2v) is 3.98. The van der Waals surface area contributed by atoms with E-state index in [-0.39, 0.29) is 0 Å². The number of anilines is 1. The lowest BCUT2D eigenvalue weighted by atomic mass is 10.1. The fourth-order valence-electron chi connectivity index (χ4n) is 1.86. The van der Waals surface area contributed by atoms with Gasteiger partial charge in [-0.3, -0.25) is 4.57 Å². The van der Waals surface area contributed by atoms with Crippen molar-refractivity contribution in [2.75, 3.05) is 19.0 Å². The van der Waals surface area contributed by atoms with E-state index in [2.05, 4.69) is 10.3 Å². The Morgan fingerprint density at radius 2 is 2.22 bits per heavy atom. The summed E-state index contributed by atoms with van der Waals surface area (Å²) in [5.74, 6) is 0.392. The molecule has 8 heteroatoms. The molecule has 1 aliphatic heterocycles. The smallest absolute Gasteiger partial charge is 0.351 e. The molecule has 0 radical (unpaired) electrons. The van der Waals surface area contributed by atoms with Crippen molar-refractivity contribution >= 4 is 5.82 Å². The summed E-state index contributed by atoms with van der Waals surface area (Å²) < 4.78 is 6.30. The maximum Gasteiger partial charge on any atom is 0.351 e. The van der Waals surface area contributed by atoms with Crippen molar-refractivity contribution in [1.29, 1.82) is 0 Å². The summed E-state index contributed by atoms with van der Waals surface area (Å²) in [6, 6.07) is 1.54. The number of hydrogen-bond donors (Lipinski definition) is 4. The van der Waals surface area contributed by atoms with Crippen LogP contribution in [0.1, 0.15) is 6.23 Å². The molecular weight excluding hydrogens is 242 g/mol. The van der Waals surface area contributed by atoms with Gasteiger partial charge in [-0.15, -0.1) is 0 Å². The normalized spacial score (nSPS) is 31.6. The van der Waals surface area contributed by atoms with E-state index in [9.17, 15) is 15.0 Å². The third kappa shape index (κ3) is 2.10. The van der Waals surface area contributed by atoms with E-state index in [1.54, 1.807) is 7.05 Å². The molecule has 4 N–H and O–H groups in total. The Morgan fingerprint density at radius 1 is 1.50 bits per heavy atom. The minimum Gasteiger partial charge on any atom is -0.394 e. The first-order valence-corrected chi connectivity index (χ1v) is 5.48. The second kappa shape index (κ2) is 5.02. The molecule has 1 aromatic rings. The van der Waals surface area contributed by atoms with Crippen molar-refractivity contribution in [3.8, 4) is 0 Å². The summed E-state index contributed by atoms with van der Waals surface area (Å²) in [4.78, 5) is 15.4. The van der Waals surface area contributed by atoms with Crippen molar-refractivity contribution in [2.45, 2.75) is 24.5 Å². The molecule has 2 rings (SSSR count). The molecule has 18 heavy (non-hydrogen) atoms. The van der Waals surface area contributed by atoms with Crippen LogP contribution >= 0.6 is 0 Å². The van der Waals surface area contributed by atoms with Crippen LogP contribution in [0.15, 0.2) is 17.1 Å². The fourth-order valence-corrected chi connectivity index (χ4v) is 1.86. The summed E-state index contributed by atoms with van der Waals surface area (Å²) in [7, 11) is 1.62. The molecule has 0 saturated carbocycles. The zero-order valence-corrected chi connectivity index (χ0v) is 9.72. The van der Waals surface area contributed by atoms with Crippen LogP contribution in [0.4, 0.5) is 5.82 Å². The molecule has 0 bridgehead atoms. The average molecular weight is 257 g/mol. The van der Waals surface area contributed by atoms with Crippen LogP contribution in [-0.4, -0.2) is 56.8 Å². The van der Waals surface area contributed by atoms with Crippen molar-refractivity contribution in [3.63, 3.8) is 0 Å². The number of aromatic nitrogens is 2. The minimum atomic E-state index is -1.29. The van der Waals surface area contributed by atoms with Gasteiger partial charge in [0.1, 0.15) is 24.1 Å². The molecule has 8 nitrogen and oxygen atoms in total. The largest absolute Gasteiger partial charge is 0.394 e. The summed E-state index contributed by atoms with van der Waals surface area (Å²) in [6.45, 7) is -0.439. The van der Waals surface area contributed by atoms with Crippen LogP contribution < -0.4 is 11.0 Å². The quantitative estimate of drug-likeness (QED) is 0.490. The van der Waals surface area contributed by atoms with Crippen LogP contribution in [0, 0.1) is 0 Å². The maximum absolute atomic E-state index is 11.7. The van der Waals surface area contributed by atoms with Gasteiger partial charge >= 0.3 is 5.69 Å². The Hall–Kier alpha value is -1.48. The summed E-state index contributed by atoms with van der Waals surface area (Å²) in [5.41, 5.74) is -0.614. The van der Waals surface area contributed by atoms with Crippen molar-refractivity contribution in [2.24, 2.45) is 0 Å². The highest BCUT2D eigenvalue weighted by Gasteiger charge is 2.43. The lowest BCUT2D eigenvalue weighted by molar-refractivity contribution is -0.0549. The first kappa shape index (κ1) is 13.0. The van der Waals surface area contributed by atoms with E-state index in [1.165, 1.54) is 12.3 Å². The van der Waals surface area contributed by atoms with Gasteiger partial charge in [-0.1, -0.05) is 0 Å². The van der Waals surface area contributed by atoms with Gasteiger partial charge in [0.2, 0.25) is 0 Å². The van der Waals surface area contributed by atoms with Crippen LogP contribution in [0.2, 0.25) is 0 Å². The predicted molar refractivity (Wildman–Crippen MR) is 61.1 cm³/mol. The highest BCUT2D eigenvalue weighted by atomic mass is 16.6. The van der Waals surface area contributed by atoms with Crippen molar-refractivity contribution in [3.05, 3.63) is 22.7 Å². The number of aliphatic hydroxyl groups excluding tert-OH is 3. The van der Waals surface area contributed by atoms with E-state index < -0.39 is 36.8 Å². The van der Waals surface area contributed by atoms with Gasteiger partial charge in [0.05, 0.1) is 6.61 Å². The topological polar surface area (TPSA) is 117 Å². The number of aliphatic hydroxyl groups is 3. The van der Waals surface area contributed by atoms with Gasteiger partial charge in [-0.25, -0.2) is 4.79 Å². The minimum absolute atomic E-state index is 0.392. The van der Waals surface area contributed by atoms with Crippen LogP contribution in [0.5, 0.6) is 0 Å². The molecule has 1 saturated heterocycles. The van der Waals surface area contributed by atoms with E-state index in [4.69, 9.17) is 9.84 Å². The van der Waals surface area contributed by atoms with E-state index in [0.29, 0.717) is 5.82 Å². The molecule has 1 aliphatic rings. The van der Waals surface area contributed by atoms with Gasteiger partial charge in [-0.05, 0) is 6.07 Å². The second-order valence-electron chi connectivity index (χ2n) is 3.98. The zero-order chi connectivity index (χ0) is 13.3. The van der Waals surface area contributed by atoms with Crippen LogP contribution in [0.3, 0.4) is 0 Å². The van der Waals surface area contributed by atoms with Gasteiger partial charge < -0.3 is 25.4 Å². The Labute approximate surface area is 102 Å². The predicted octanol–water partition coefficient (Wildman–Crippen LogP) is -2.10. The van der Waals surface area contributed by atoms with Crippen molar-refractivity contribution in [1.82, 2.24) is 9.55 Å². The average Bonchev–Trinajstić information content (AvgIpc) is 2.66. The van der Waals surface area contributed by atoms with Gasteiger partial charge in [0.15, 0.2) is 6.23 Å². The summed E-state index contributed by atoms with van der Waals surface area (Å²) >= 11 is 0. The van der Waals surface area contributed by atoms with Crippen LogP contribution in [0.25, 0.3) is 0 Å². The Balaban J connectivity index is 2.30. The molecule has 0 aliphatic carbocycles. The molecule has 4 atom stereocenters. The third-order valence-corrected chi connectivity index (χ3v) is 2.88. The summed E-state index contributed by atoms with van der Waals surface area (Å²) in [5, 5.41) is 31.0. The van der Waals surface area contributed by atoms with E-state index in [0.717, 1.165) is 4.57 Å². The monoisotopic (exact) mass is 257 g/mol. The molecule has 0 amide bonds. The van der Waals surface area contributed by atoms with Gasteiger partial charge in [0.25, 0.3) is 0 Å². The lowest BCUT2D eigenvalue weighted by Crippen LogP contribution is -2.36. The zero-order valence-electron chi connectivity index (χ0n) is 9.72. The standard InChI is InChI=1S/C10H15N3O5/c1-11-6-2-3-13(10(17)12-6)9-8(16)7(15)5(4-14)18-9/h2-3,5,7-9,14-16H,4H2,1H3,(H,11,12,17)/t5-,7+,8?,9-/m1/s1. The first-order valence-electron chi connectivity index (χ1n) is 5.48. The van der Waals surface area contributed by atoms with E-state index in [1.807, 2.05) is 0 Å². The molecule has 100 valence electrons. The molecule has 2 heterocycles. The number of hydrogen-bond acceptors (Lipinski definition) is 7. The molecule has 0 spiro atoms. The van der Waals surface area contributed by atoms with Gasteiger partial charge in [0, 0.05) is 13.2 Å². The molecule has 0 aromatic carbocycles. The molecule has 1 aromatic heterocycles. The number of nitrogens with one attached hydrogen (secondary N) is 1. The Bertz CT molecular complexity index is 477. The lowest BCUT2D eigenvalue weighted by Gasteiger charge is -2.17. The third-order valence-electron chi connectivity index (χ3n) is 2.88. The SMILES string of the molecule is CNc1ccn([C@@H]2O[C@H](CO)[C@H](O)C2O)c(=O)n1. The van der Waals surface area contributed by atoms with Gasteiger partial charge in [-0.2, -0.15) is 4.98 Å². The van der Waals surface area contributed by atoms with Crippen molar-refractivity contribution < 1.29 is 20.1 Å². The molecular formula is C10H15N3O5. The molecule has 1 unspecified atom stereocenters. The Kier molecular flexibility index (Phi) is 3.62. The van der Waals surface area contributed by atoms with E-state index >= 15 is 0 Å². The Morgan fingerprint density at radius 3 is 2.72 bits per heavy atom.